The maximum Gasteiger partial charge on any atom is 0.417 e. The van der Waals surface area contributed by atoms with Gasteiger partial charge in [0.2, 0.25) is 0 Å². The first-order valence-electron chi connectivity index (χ1n) is 9.34. The Labute approximate surface area is 171 Å². The zero-order valence-electron chi connectivity index (χ0n) is 17.1. The van der Waals surface area contributed by atoms with E-state index in [0.29, 0.717) is 30.2 Å². The number of aromatic amines is 1. The van der Waals surface area contributed by atoms with E-state index in [9.17, 15) is 17.6 Å². The molecule has 9 heteroatoms. The zero-order valence-corrected chi connectivity index (χ0v) is 17.1. The molecule has 0 fully saturated rings. The highest BCUT2D eigenvalue weighted by atomic mass is 19.4. The van der Waals surface area contributed by atoms with Crippen LogP contribution in [0.3, 0.4) is 0 Å². The highest BCUT2D eigenvalue weighted by Gasteiger charge is 2.32. The molecule has 0 radical (unpaired) electrons. The van der Waals surface area contributed by atoms with Crippen molar-refractivity contribution in [2.45, 2.75) is 51.3 Å². The van der Waals surface area contributed by atoms with Crippen molar-refractivity contribution < 1.29 is 27.0 Å². The number of hydrogen-bond acceptors (Lipinski definition) is 4. The van der Waals surface area contributed by atoms with Crippen molar-refractivity contribution in [1.82, 2.24) is 15.0 Å². The van der Waals surface area contributed by atoms with Gasteiger partial charge >= 0.3 is 6.18 Å². The quantitative estimate of drug-likeness (QED) is 0.654. The highest BCUT2D eigenvalue weighted by molar-refractivity contribution is 5.30. The molecule has 1 unspecified atom stereocenters. The van der Waals surface area contributed by atoms with Crippen LogP contribution >= 0.6 is 0 Å². The van der Waals surface area contributed by atoms with E-state index in [2.05, 4.69) is 35.7 Å². The minimum Gasteiger partial charge on any atom is -0.497 e. The molecule has 0 bridgehead atoms. The molecule has 0 aliphatic heterocycles. The number of halogens is 4. The zero-order chi connectivity index (χ0) is 22.1. The van der Waals surface area contributed by atoms with Crippen LogP contribution < -0.4 is 0 Å². The third kappa shape index (κ3) is 4.83. The van der Waals surface area contributed by atoms with E-state index in [1.54, 1.807) is 12.3 Å². The molecule has 30 heavy (non-hydrogen) atoms. The summed E-state index contributed by atoms with van der Waals surface area (Å²) in [7, 11) is 1.50. The summed E-state index contributed by atoms with van der Waals surface area (Å²) < 4.78 is 62.9. The molecule has 0 saturated heterocycles. The Morgan fingerprint density at radius 1 is 1.17 bits per heavy atom. The summed E-state index contributed by atoms with van der Waals surface area (Å²) in [6, 6.07) is 0.412. The third-order valence-corrected chi connectivity index (χ3v) is 4.72. The van der Waals surface area contributed by atoms with Gasteiger partial charge in [0.15, 0.2) is 5.76 Å². The molecule has 1 aliphatic rings. The molecule has 0 amide bonds. The Morgan fingerprint density at radius 2 is 1.90 bits per heavy atom. The molecule has 5 nitrogen and oxygen atoms in total. The van der Waals surface area contributed by atoms with Crippen LogP contribution in [0.2, 0.25) is 0 Å². The van der Waals surface area contributed by atoms with E-state index in [1.165, 1.54) is 7.11 Å². The summed E-state index contributed by atoms with van der Waals surface area (Å²) >= 11 is 0. The maximum absolute atomic E-state index is 14.0. The smallest absolute Gasteiger partial charge is 0.417 e. The van der Waals surface area contributed by atoms with Crippen LogP contribution in [0.4, 0.5) is 17.6 Å². The van der Waals surface area contributed by atoms with Crippen molar-refractivity contribution in [2.75, 3.05) is 7.11 Å². The second kappa shape index (κ2) is 8.12. The molecule has 0 saturated carbocycles. The highest BCUT2D eigenvalue weighted by Crippen LogP contribution is 2.33. The number of alkyl halides is 3. The van der Waals surface area contributed by atoms with Gasteiger partial charge < -0.3 is 14.5 Å². The summed E-state index contributed by atoms with van der Waals surface area (Å²) in [4.78, 5) is 11.3. The maximum atomic E-state index is 14.0. The molecule has 2 heterocycles. The normalized spacial score (nSPS) is 17.4. The third-order valence-electron chi connectivity index (χ3n) is 4.72. The molecule has 2 aromatic rings. The van der Waals surface area contributed by atoms with E-state index >= 15 is 0 Å². The van der Waals surface area contributed by atoms with E-state index in [-0.39, 0.29) is 23.6 Å². The summed E-state index contributed by atoms with van der Waals surface area (Å²) in [6.45, 7) is 5.87. The standard InChI is InChI=1S/C21H23F4N3O2/c1-20(2,3)19-27-10-15(28-19)12-5-6-17(18(7-12)29-4)30-11-16-14(22)8-13(9-26-16)21(23,24)25/h5-6,8-10,12H,7,11H2,1-4H3,(H,27,28). The van der Waals surface area contributed by atoms with Crippen molar-refractivity contribution in [1.29, 1.82) is 0 Å². The predicted molar refractivity (Wildman–Crippen MR) is 102 cm³/mol. The first kappa shape index (κ1) is 21.9. The topological polar surface area (TPSA) is 60.0 Å². The average molecular weight is 425 g/mol. The Kier molecular flexibility index (Phi) is 5.92. The molecule has 0 spiro atoms. The fourth-order valence-corrected chi connectivity index (χ4v) is 2.97. The van der Waals surface area contributed by atoms with E-state index < -0.39 is 17.6 Å². The number of nitrogens with zero attached hydrogens (tertiary/aromatic N) is 2. The van der Waals surface area contributed by atoms with Crippen LogP contribution in [0.15, 0.2) is 42.1 Å². The summed E-state index contributed by atoms with van der Waals surface area (Å²) in [5.41, 5.74) is -0.538. The van der Waals surface area contributed by atoms with Crippen LogP contribution in [0.5, 0.6) is 0 Å². The number of aromatic nitrogens is 3. The lowest BCUT2D eigenvalue weighted by molar-refractivity contribution is -0.138. The van der Waals surface area contributed by atoms with E-state index in [1.807, 2.05) is 6.08 Å². The number of pyridine rings is 1. The molecule has 1 atom stereocenters. The first-order valence-corrected chi connectivity index (χ1v) is 9.34. The minimum atomic E-state index is -4.65. The fraction of sp³-hybridized carbons (Fsp3) is 0.429. The van der Waals surface area contributed by atoms with E-state index in [0.717, 1.165) is 11.5 Å². The lowest BCUT2D eigenvalue weighted by Gasteiger charge is -2.21. The Morgan fingerprint density at radius 3 is 2.47 bits per heavy atom. The molecule has 1 aliphatic carbocycles. The van der Waals surface area contributed by atoms with Crippen LogP contribution in [-0.2, 0) is 27.7 Å². The number of ether oxygens (including phenoxy) is 2. The van der Waals surface area contributed by atoms with Gasteiger partial charge in [-0.2, -0.15) is 13.2 Å². The van der Waals surface area contributed by atoms with Crippen LogP contribution in [0.25, 0.3) is 0 Å². The molecule has 3 rings (SSSR count). The summed E-state index contributed by atoms with van der Waals surface area (Å²) in [5.74, 6) is 0.720. The number of nitrogens with one attached hydrogen (secondary N) is 1. The predicted octanol–water partition coefficient (Wildman–Crippen LogP) is 5.38. The SMILES string of the molecule is COC1=C(OCc2ncc(C(F)(F)F)cc2F)C=CC(c2cnc(C(C)(C)C)[nH]2)C1. The van der Waals surface area contributed by atoms with Gasteiger partial charge in [0.1, 0.15) is 29.7 Å². The molecule has 1 N–H and O–H groups in total. The van der Waals surface area contributed by atoms with Gasteiger partial charge in [-0.05, 0) is 12.1 Å². The molecular weight excluding hydrogens is 402 g/mol. The fourth-order valence-electron chi connectivity index (χ4n) is 2.97. The molecule has 0 aromatic carbocycles. The molecule has 2 aromatic heterocycles. The number of imidazole rings is 1. The van der Waals surface area contributed by atoms with Crippen molar-refractivity contribution in [3.05, 3.63) is 70.7 Å². The van der Waals surface area contributed by atoms with Crippen molar-refractivity contribution in [2.24, 2.45) is 0 Å². The van der Waals surface area contributed by atoms with Crippen LogP contribution in [-0.4, -0.2) is 22.1 Å². The number of allylic oxidation sites excluding steroid dienone is 3. The second-order valence-corrected chi connectivity index (χ2v) is 8.04. The Hall–Kier alpha value is -2.84. The Balaban J connectivity index is 1.70. The lowest BCUT2D eigenvalue weighted by Crippen LogP contribution is -2.14. The van der Waals surface area contributed by atoms with Gasteiger partial charge in [-0.1, -0.05) is 26.8 Å². The Bertz CT molecular complexity index is 971. The van der Waals surface area contributed by atoms with E-state index in [4.69, 9.17) is 9.47 Å². The van der Waals surface area contributed by atoms with Crippen molar-refractivity contribution in [3.63, 3.8) is 0 Å². The first-order chi connectivity index (χ1) is 14.0. The number of hydrogen-bond donors (Lipinski definition) is 1. The lowest BCUT2D eigenvalue weighted by atomic mass is 9.94. The second-order valence-electron chi connectivity index (χ2n) is 8.04. The van der Waals surface area contributed by atoms with Gasteiger partial charge in [-0.25, -0.2) is 9.37 Å². The van der Waals surface area contributed by atoms with Crippen LogP contribution in [0.1, 0.15) is 55.9 Å². The van der Waals surface area contributed by atoms with Gasteiger partial charge in [-0.3, -0.25) is 4.98 Å². The number of methoxy groups -OCH3 is 1. The van der Waals surface area contributed by atoms with Crippen LogP contribution in [0, 0.1) is 5.82 Å². The van der Waals surface area contributed by atoms with Crippen molar-refractivity contribution in [3.8, 4) is 0 Å². The summed E-state index contributed by atoms with van der Waals surface area (Å²) in [6.07, 6.45) is 1.83. The average Bonchev–Trinajstić information content (AvgIpc) is 3.17. The molecule has 162 valence electrons. The van der Waals surface area contributed by atoms with Gasteiger partial charge in [0.05, 0.1) is 12.7 Å². The monoisotopic (exact) mass is 425 g/mol. The number of H-pyrrole nitrogens is 1. The van der Waals surface area contributed by atoms with Gasteiger partial charge in [-0.15, -0.1) is 0 Å². The number of rotatable bonds is 5. The minimum absolute atomic E-state index is 0.00294. The largest absolute Gasteiger partial charge is 0.497 e. The van der Waals surface area contributed by atoms with Gasteiger partial charge in [0, 0.05) is 35.8 Å². The van der Waals surface area contributed by atoms with Gasteiger partial charge in [0.25, 0.3) is 0 Å². The van der Waals surface area contributed by atoms with Crippen molar-refractivity contribution >= 4 is 0 Å². The summed E-state index contributed by atoms with van der Waals surface area (Å²) in [5, 5.41) is 0. The molecular formula is C21H23F4N3O2.